The van der Waals surface area contributed by atoms with Gasteiger partial charge in [-0.2, -0.15) is 0 Å². The van der Waals surface area contributed by atoms with Crippen LogP contribution in [0.1, 0.15) is 32.1 Å². The fraction of sp³-hybridized carbons (Fsp3) is 0.588. The minimum absolute atomic E-state index is 0.0137. The van der Waals surface area contributed by atoms with Crippen molar-refractivity contribution < 1.29 is 22.7 Å². The average molecular weight is 338 g/mol. The Labute approximate surface area is 136 Å². The molecule has 1 aromatic rings. The maximum atomic E-state index is 13.1. The number of carbonyl (C=O) groups excluding carboxylic acids is 1. The number of hydrogen-bond acceptors (Lipinski definition) is 5. The van der Waals surface area contributed by atoms with Gasteiger partial charge in [0.1, 0.15) is 0 Å². The Kier molecular flexibility index (Phi) is 4.73. The summed E-state index contributed by atoms with van der Waals surface area (Å²) < 4.78 is 37.0. The first kappa shape index (κ1) is 16.5. The molecule has 0 amide bonds. The van der Waals surface area contributed by atoms with E-state index in [1.54, 1.807) is 30.3 Å². The maximum Gasteiger partial charge on any atom is 0.308 e. The lowest BCUT2D eigenvalue weighted by Crippen LogP contribution is -2.38. The molecule has 0 radical (unpaired) electrons. The van der Waals surface area contributed by atoms with Crippen molar-refractivity contribution in [2.75, 3.05) is 7.11 Å². The maximum absolute atomic E-state index is 13.1. The highest BCUT2D eigenvalue weighted by Crippen LogP contribution is 2.43. The van der Waals surface area contributed by atoms with Gasteiger partial charge in [0.25, 0.3) is 0 Å². The van der Waals surface area contributed by atoms with Gasteiger partial charge in [0.15, 0.2) is 9.84 Å². The van der Waals surface area contributed by atoms with E-state index in [-0.39, 0.29) is 18.4 Å². The first-order chi connectivity index (χ1) is 11.0. The van der Waals surface area contributed by atoms with Gasteiger partial charge in [0.2, 0.25) is 0 Å². The normalized spacial score (nSPS) is 30.7. The molecule has 126 valence electrons. The number of fused-ring (bicyclic) bond motifs is 1. The highest BCUT2D eigenvalue weighted by atomic mass is 32.2. The number of sulfone groups is 1. The Hall–Kier alpha value is -1.40. The van der Waals surface area contributed by atoms with Crippen LogP contribution in [0.15, 0.2) is 35.2 Å². The number of benzene rings is 1. The topological polar surface area (TPSA) is 69.7 Å². The average Bonchev–Trinajstić information content (AvgIpc) is 2.94. The Balaban J connectivity index is 1.95. The predicted molar refractivity (Wildman–Crippen MR) is 84.7 cm³/mol. The van der Waals surface area contributed by atoms with E-state index in [9.17, 15) is 13.2 Å². The fourth-order valence-electron chi connectivity index (χ4n) is 3.86. The first-order valence-electron chi connectivity index (χ1n) is 8.05. The molecule has 1 saturated heterocycles. The number of rotatable bonds is 4. The van der Waals surface area contributed by atoms with Crippen molar-refractivity contribution in [3.8, 4) is 0 Å². The summed E-state index contributed by atoms with van der Waals surface area (Å²) in [5.74, 6) is -0.467. The van der Waals surface area contributed by atoms with Gasteiger partial charge in [-0.25, -0.2) is 8.42 Å². The summed E-state index contributed by atoms with van der Waals surface area (Å²) in [5.41, 5.74) is 0. The van der Waals surface area contributed by atoms with Crippen LogP contribution in [0.3, 0.4) is 0 Å². The van der Waals surface area contributed by atoms with Gasteiger partial charge in [-0.3, -0.25) is 4.79 Å². The smallest absolute Gasteiger partial charge is 0.308 e. The Morgan fingerprint density at radius 3 is 2.61 bits per heavy atom. The largest absolute Gasteiger partial charge is 0.469 e. The third-order valence-electron chi connectivity index (χ3n) is 4.92. The number of esters is 1. The van der Waals surface area contributed by atoms with Gasteiger partial charge in [-0.05, 0) is 25.0 Å². The summed E-state index contributed by atoms with van der Waals surface area (Å²) in [7, 11) is -2.23. The molecule has 1 heterocycles. The van der Waals surface area contributed by atoms with Crippen molar-refractivity contribution in [1.29, 1.82) is 0 Å². The zero-order valence-corrected chi connectivity index (χ0v) is 14.0. The quantitative estimate of drug-likeness (QED) is 0.788. The monoisotopic (exact) mass is 338 g/mol. The first-order valence-corrected chi connectivity index (χ1v) is 9.60. The second-order valence-electron chi connectivity index (χ2n) is 6.26. The van der Waals surface area contributed by atoms with E-state index < -0.39 is 27.2 Å². The molecule has 4 atom stereocenters. The van der Waals surface area contributed by atoms with Crippen LogP contribution in [0, 0.1) is 5.92 Å². The minimum atomic E-state index is -3.54. The third kappa shape index (κ3) is 3.15. The van der Waals surface area contributed by atoms with Crippen LogP contribution < -0.4 is 0 Å². The molecule has 1 aromatic carbocycles. The molecular formula is C17H22O5S. The lowest BCUT2D eigenvalue weighted by Gasteiger charge is -2.27. The zero-order chi connectivity index (χ0) is 16.4. The summed E-state index contributed by atoms with van der Waals surface area (Å²) in [6.45, 7) is 0. The van der Waals surface area contributed by atoms with Crippen LogP contribution in [0.2, 0.25) is 0 Å². The molecule has 2 aliphatic rings. The van der Waals surface area contributed by atoms with Crippen LogP contribution in [0.5, 0.6) is 0 Å². The molecule has 3 rings (SSSR count). The van der Waals surface area contributed by atoms with Crippen molar-refractivity contribution >= 4 is 15.8 Å². The van der Waals surface area contributed by atoms with Crippen molar-refractivity contribution in [2.45, 2.75) is 54.5 Å². The van der Waals surface area contributed by atoms with E-state index >= 15 is 0 Å². The molecule has 0 N–H and O–H groups in total. The summed E-state index contributed by atoms with van der Waals surface area (Å²) in [5, 5.41) is -0.672. The van der Waals surface area contributed by atoms with Gasteiger partial charge in [0, 0.05) is 5.92 Å². The highest BCUT2D eigenvalue weighted by molar-refractivity contribution is 7.92. The van der Waals surface area contributed by atoms with Crippen molar-refractivity contribution in [3.05, 3.63) is 30.3 Å². The lowest BCUT2D eigenvalue weighted by molar-refractivity contribution is -0.143. The van der Waals surface area contributed by atoms with Crippen LogP contribution in [-0.2, 0) is 24.1 Å². The van der Waals surface area contributed by atoms with Crippen molar-refractivity contribution in [1.82, 2.24) is 0 Å². The van der Waals surface area contributed by atoms with Crippen LogP contribution in [0.25, 0.3) is 0 Å². The molecular weight excluding hydrogens is 316 g/mol. The molecule has 2 fully saturated rings. The molecule has 1 aliphatic heterocycles. The SMILES string of the molecule is COC(=O)C[C@H]1O[C@H]2CCCC[C@H]2[C@@H]1S(=O)(=O)c1ccccc1. The predicted octanol–water partition coefficient (Wildman–Crippen LogP) is 2.35. The number of methoxy groups -OCH3 is 1. The van der Waals surface area contributed by atoms with E-state index in [0.29, 0.717) is 4.90 Å². The molecule has 5 nitrogen and oxygen atoms in total. The standard InChI is InChI=1S/C17H22O5S/c1-21-16(18)11-15-17(13-9-5-6-10-14(13)22-15)23(19,20)12-7-3-2-4-8-12/h2-4,7-8,13-15,17H,5-6,9-11H2,1H3/t13-,14+,15-,17+/m1/s1. The van der Waals surface area contributed by atoms with Crippen LogP contribution >= 0.6 is 0 Å². The minimum Gasteiger partial charge on any atom is -0.469 e. The van der Waals surface area contributed by atoms with Crippen molar-refractivity contribution in [2.24, 2.45) is 5.92 Å². The molecule has 0 unspecified atom stereocenters. The van der Waals surface area contributed by atoms with Gasteiger partial charge >= 0.3 is 5.97 Å². The van der Waals surface area contributed by atoms with Crippen LogP contribution in [0.4, 0.5) is 0 Å². The molecule has 0 spiro atoms. The molecule has 1 saturated carbocycles. The summed E-state index contributed by atoms with van der Waals surface area (Å²) in [6, 6.07) is 8.45. The van der Waals surface area contributed by atoms with E-state index in [1.165, 1.54) is 7.11 Å². The molecule has 6 heteroatoms. The van der Waals surface area contributed by atoms with E-state index in [0.717, 1.165) is 25.7 Å². The molecule has 23 heavy (non-hydrogen) atoms. The van der Waals surface area contributed by atoms with Gasteiger partial charge in [-0.15, -0.1) is 0 Å². The fourth-order valence-corrected chi connectivity index (χ4v) is 6.04. The summed E-state index contributed by atoms with van der Waals surface area (Å²) in [4.78, 5) is 12.0. The molecule has 0 bridgehead atoms. The number of hydrogen-bond donors (Lipinski definition) is 0. The molecule has 1 aliphatic carbocycles. The Morgan fingerprint density at radius 2 is 1.91 bits per heavy atom. The summed E-state index contributed by atoms with van der Waals surface area (Å²) >= 11 is 0. The van der Waals surface area contributed by atoms with E-state index in [1.807, 2.05) is 0 Å². The van der Waals surface area contributed by atoms with Crippen molar-refractivity contribution in [3.63, 3.8) is 0 Å². The third-order valence-corrected chi connectivity index (χ3v) is 7.22. The van der Waals surface area contributed by atoms with Gasteiger partial charge < -0.3 is 9.47 Å². The summed E-state index contributed by atoms with van der Waals surface area (Å²) in [6.07, 6.45) is 3.05. The van der Waals surface area contributed by atoms with E-state index in [2.05, 4.69) is 0 Å². The Bertz CT molecular complexity index is 655. The van der Waals surface area contributed by atoms with E-state index in [4.69, 9.17) is 9.47 Å². The van der Waals surface area contributed by atoms with Crippen LogP contribution in [-0.4, -0.2) is 39.0 Å². The Morgan fingerprint density at radius 1 is 1.22 bits per heavy atom. The van der Waals surface area contributed by atoms with Gasteiger partial charge in [0.05, 0.1) is 35.9 Å². The van der Waals surface area contributed by atoms with Gasteiger partial charge in [-0.1, -0.05) is 31.0 Å². The second-order valence-corrected chi connectivity index (χ2v) is 8.37. The zero-order valence-electron chi connectivity index (χ0n) is 13.2. The second kappa shape index (κ2) is 6.61. The lowest BCUT2D eigenvalue weighted by atomic mass is 9.85. The number of carbonyl (C=O) groups is 1. The molecule has 0 aromatic heterocycles. The highest BCUT2D eigenvalue weighted by Gasteiger charge is 2.52. The number of ether oxygens (including phenoxy) is 2.